The van der Waals surface area contributed by atoms with Crippen LogP contribution in [0.3, 0.4) is 0 Å². The first kappa shape index (κ1) is 24.0. The molecule has 0 saturated carbocycles. The molecule has 1 aromatic heterocycles. The van der Waals surface area contributed by atoms with Crippen molar-refractivity contribution in [3.8, 4) is 17.2 Å². The Morgan fingerprint density at radius 3 is 2.35 bits per heavy atom. The minimum absolute atomic E-state index is 0.0323. The highest BCUT2D eigenvalue weighted by Gasteiger charge is 2.25. The number of hydrogen-bond donors (Lipinski definition) is 1. The molecule has 0 spiro atoms. The van der Waals surface area contributed by atoms with Gasteiger partial charge in [0.15, 0.2) is 0 Å². The van der Waals surface area contributed by atoms with Gasteiger partial charge in [0.25, 0.3) is 0 Å². The minimum atomic E-state index is 0.0323. The Morgan fingerprint density at radius 2 is 1.68 bits per heavy atom. The number of carbonyl (C=O) groups excluding carboxylic acids is 1. The third kappa shape index (κ3) is 5.14. The van der Waals surface area contributed by atoms with Crippen molar-refractivity contribution >= 4 is 16.8 Å². The van der Waals surface area contributed by atoms with Gasteiger partial charge in [-0.25, -0.2) is 0 Å². The number of piperidine rings is 1. The maximum absolute atomic E-state index is 12.9. The molecule has 2 aromatic carbocycles. The van der Waals surface area contributed by atoms with Crippen molar-refractivity contribution in [3.63, 3.8) is 0 Å². The molecule has 0 aliphatic carbocycles. The standard InChI is InChI=1S/C27H35N3O4/c1-5-30-18-21(24-15-23(33-3)6-8-25(24)30)17-29-12-10-19(11-13-29)27(31)28-16-20-14-22(32-2)7-9-26(20)34-4/h6-9,14-15,18-19H,5,10-13,16-17H2,1-4H3,(H,28,31). The van der Waals surface area contributed by atoms with E-state index in [1.165, 1.54) is 16.5 Å². The molecule has 182 valence electrons. The highest BCUT2D eigenvalue weighted by Crippen LogP contribution is 2.29. The molecule has 1 N–H and O–H groups in total. The predicted molar refractivity (Wildman–Crippen MR) is 134 cm³/mol. The molecule has 34 heavy (non-hydrogen) atoms. The van der Waals surface area contributed by atoms with Gasteiger partial charge in [0.05, 0.1) is 21.3 Å². The summed E-state index contributed by atoms with van der Waals surface area (Å²) < 4.78 is 18.5. The van der Waals surface area contributed by atoms with Crippen molar-refractivity contribution in [2.45, 2.75) is 39.4 Å². The van der Waals surface area contributed by atoms with Gasteiger partial charge in [-0.3, -0.25) is 9.69 Å². The van der Waals surface area contributed by atoms with Crippen LogP contribution < -0.4 is 19.5 Å². The zero-order chi connectivity index (χ0) is 24.1. The van der Waals surface area contributed by atoms with E-state index in [9.17, 15) is 4.79 Å². The summed E-state index contributed by atoms with van der Waals surface area (Å²) in [4.78, 5) is 15.3. The van der Waals surface area contributed by atoms with Gasteiger partial charge in [0, 0.05) is 48.2 Å². The van der Waals surface area contributed by atoms with Crippen LogP contribution in [0.1, 0.15) is 30.9 Å². The predicted octanol–water partition coefficient (Wildman–Crippen LogP) is 4.22. The molecule has 0 atom stereocenters. The number of aryl methyl sites for hydroxylation is 1. The van der Waals surface area contributed by atoms with E-state index in [-0.39, 0.29) is 11.8 Å². The maximum atomic E-state index is 12.9. The van der Waals surface area contributed by atoms with E-state index in [1.807, 2.05) is 24.3 Å². The largest absolute Gasteiger partial charge is 0.497 e. The Kier molecular flexibility index (Phi) is 7.63. The Hall–Kier alpha value is -3.19. The van der Waals surface area contributed by atoms with Crippen molar-refractivity contribution < 1.29 is 19.0 Å². The van der Waals surface area contributed by atoms with Gasteiger partial charge in [0.2, 0.25) is 5.91 Å². The molecular formula is C27H35N3O4. The summed E-state index contributed by atoms with van der Waals surface area (Å²) in [6.07, 6.45) is 3.97. The summed E-state index contributed by atoms with van der Waals surface area (Å²) in [5, 5.41) is 4.34. The van der Waals surface area contributed by atoms with Crippen molar-refractivity contribution in [1.29, 1.82) is 0 Å². The van der Waals surface area contributed by atoms with E-state index < -0.39 is 0 Å². The van der Waals surface area contributed by atoms with Crippen LogP contribution in [0.15, 0.2) is 42.6 Å². The lowest BCUT2D eigenvalue weighted by Gasteiger charge is -2.31. The number of nitrogens with one attached hydrogen (secondary N) is 1. The Bertz CT molecular complexity index is 1130. The molecule has 1 saturated heterocycles. The number of nitrogens with zero attached hydrogens (tertiary/aromatic N) is 2. The number of likely N-dealkylation sites (tertiary alicyclic amines) is 1. The third-order valence-electron chi connectivity index (χ3n) is 6.80. The van der Waals surface area contributed by atoms with Gasteiger partial charge in [-0.15, -0.1) is 0 Å². The number of methoxy groups -OCH3 is 3. The summed E-state index contributed by atoms with van der Waals surface area (Å²) in [7, 11) is 4.98. The second-order valence-corrected chi connectivity index (χ2v) is 8.77. The lowest BCUT2D eigenvalue weighted by Crippen LogP contribution is -2.40. The third-order valence-corrected chi connectivity index (χ3v) is 6.80. The van der Waals surface area contributed by atoms with Crippen LogP contribution in [-0.4, -0.2) is 49.8 Å². The molecule has 2 heterocycles. The topological polar surface area (TPSA) is 65.0 Å². The van der Waals surface area contributed by atoms with Gasteiger partial charge in [-0.05, 0) is 74.8 Å². The monoisotopic (exact) mass is 465 g/mol. The van der Waals surface area contributed by atoms with Gasteiger partial charge in [-0.2, -0.15) is 0 Å². The molecule has 7 nitrogen and oxygen atoms in total. The number of aromatic nitrogens is 1. The maximum Gasteiger partial charge on any atom is 0.223 e. The van der Waals surface area contributed by atoms with Gasteiger partial charge in [0.1, 0.15) is 17.2 Å². The van der Waals surface area contributed by atoms with Crippen LogP contribution in [-0.2, 0) is 24.4 Å². The van der Waals surface area contributed by atoms with Crippen LogP contribution >= 0.6 is 0 Å². The molecule has 1 aliphatic rings. The summed E-state index contributed by atoms with van der Waals surface area (Å²) in [6.45, 7) is 6.22. The van der Waals surface area contributed by atoms with E-state index in [0.29, 0.717) is 6.54 Å². The smallest absolute Gasteiger partial charge is 0.223 e. The molecule has 0 radical (unpaired) electrons. The van der Waals surface area contributed by atoms with Crippen molar-refractivity contribution in [2.75, 3.05) is 34.4 Å². The van der Waals surface area contributed by atoms with Crippen molar-refractivity contribution in [3.05, 3.63) is 53.7 Å². The average molecular weight is 466 g/mol. The minimum Gasteiger partial charge on any atom is -0.497 e. The van der Waals surface area contributed by atoms with Crippen molar-refractivity contribution in [2.24, 2.45) is 5.92 Å². The summed E-state index contributed by atoms with van der Waals surface area (Å²) in [5.74, 6) is 2.52. The van der Waals surface area contributed by atoms with E-state index in [0.717, 1.165) is 61.8 Å². The van der Waals surface area contributed by atoms with E-state index >= 15 is 0 Å². The molecule has 4 rings (SSSR count). The highest BCUT2D eigenvalue weighted by molar-refractivity contribution is 5.85. The van der Waals surface area contributed by atoms with Crippen LogP contribution in [0.2, 0.25) is 0 Å². The summed E-state index contributed by atoms with van der Waals surface area (Å²) >= 11 is 0. The van der Waals surface area contributed by atoms with E-state index in [4.69, 9.17) is 14.2 Å². The number of benzene rings is 2. The second-order valence-electron chi connectivity index (χ2n) is 8.77. The molecule has 3 aromatic rings. The molecule has 1 amide bonds. The normalized spacial score (nSPS) is 14.8. The number of carbonyl (C=O) groups is 1. The Balaban J connectivity index is 1.34. The lowest BCUT2D eigenvalue weighted by molar-refractivity contribution is -0.126. The molecule has 0 bridgehead atoms. The van der Waals surface area contributed by atoms with Crippen LogP contribution in [0, 0.1) is 5.92 Å². The number of amides is 1. The summed E-state index contributed by atoms with van der Waals surface area (Å²) in [6, 6.07) is 11.9. The average Bonchev–Trinajstić information content (AvgIpc) is 3.23. The number of ether oxygens (including phenoxy) is 3. The number of fused-ring (bicyclic) bond motifs is 1. The molecule has 1 fully saturated rings. The van der Waals surface area contributed by atoms with Crippen LogP contribution in [0.4, 0.5) is 0 Å². The first-order valence-electron chi connectivity index (χ1n) is 11.9. The first-order valence-corrected chi connectivity index (χ1v) is 11.9. The van der Waals surface area contributed by atoms with Crippen LogP contribution in [0.25, 0.3) is 10.9 Å². The zero-order valence-corrected chi connectivity index (χ0v) is 20.6. The molecule has 0 unspecified atom stereocenters. The fourth-order valence-corrected chi connectivity index (χ4v) is 4.81. The lowest BCUT2D eigenvalue weighted by atomic mass is 9.95. The van der Waals surface area contributed by atoms with E-state index in [1.54, 1.807) is 21.3 Å². The van der Waals surface area contributed by atoms with E-state index in [2.05, 4.69) is 40.0 Å². The van der Waals surface area contributed by atoms with Gasteiger partial charge >= 0.3 is 0 Å². The van der Waals surface area contributed by atoms with Gasteiger partial charge < -0.3 is 24.1 Å². The highest BCUT2D eigenvalue weighted by atomic mass is 16.5. The fraction of sp³-hybridized carbons (Fsp3) is 0.444. The fourth-order valence-electron chi connectivity index (χ4n) is 4.81. The number of hydrogen-bond acceptors (Lipinski definition) is 5. The zero-order valence-electron chi connectivity index (χ0n) is 20.6. The summed E-state index contributed by atoms with van der Waals surface area (Å²) in [5.41, 5.74) is 3.46. The quantitative estimate of drug-likeness (QED) is 0.513. The SMILES string of the molecule is CCn1cc(CN2CCC(C(=O)NCc3cc(OC)ccc3OC)CC2)c2cc(OC)ccc21. The molecule has 7 heteroatoms. The van der Waals surface area contributed by atoms with Crippen LogP contribution in [0.5, 0.6) is 17.2 Å². The Labute approximate surface area is 201 Å². The first-order chi connectivity index (χ1) is 16.6. The second kappa shape index (κ2) is 10.8. The number of rotatable bonds is 9. The molecular weight excluding hydrogens is 430 g/mol. The van der Waals surface area contributed by atoms with Crippen molar-refractivity contribution in [1.82, 2.24) is 14.8 Å². The molecule has 1 aliphatic heterocycles. The Morgan fingerprint density at radius 1 is 0.971 bits per heavy atom. The van der Waals surface area contributed by atoms with Gasteiger partial charge in [-0.1, -0.05) is 0 Å².